The maximum Gasteiger partial charge on any atom is 0.325 e. The molecule has 4 nitrogen and oxygen atoms in total. The molecular formula is C12H14BrNO3. The lowest BCUT2D eigenvalue weighted by atomic mass is 10.1. The van der Waals surface area contributed by atoms with Gasteiger partial charge in [0.25, 0.3) is 0 Å². The van der Waals surface area contributed by atoms with E-state index in [1.54, 1.807) is 25.3 Å². The molecule has 0 aliphatic heterocycles. The fourth-order valence-corrected chi connectivity index (χ4v) is 2.13. The van der Waals surface area contributed by atoms with E-state index >= 15 is 0 Å². The molecular weight excluding hydrogens is 286 g/mol. The summed E-state index contributed by atoms with van der Waals surface area (Å²) in [7, 11) is 1.57. The second-order valence-electron chi connectivity index (χ2n) is 4.10. The first kappa shape index (κ1) is 12.4. The number of rotatable bonds is 5. The molecule has 17 heavy (non-hydrogen) atoms. The first-order valence-electron chi connectivity index (χ1n) is 5.44. The summed E-state index contributed by atoms with van der Waals surface area (Å²) in [6.07, 6.45) is 2.09. The van der Waals surface area contributed by atoms with Crippen LogP contribution in [0.15, 0.2) is 22.7 Å². The molecule has 1 aromatic rings. The molecule has 0 saturated heterocycles. The Labute approximate surface area is 108 Å². The van der Waals surface area contributed by atoms with E-state index in [0.717, 1.165) is 17.3 Å². The number of hydrogen-bond donors (Lipinski definition) is 2. The Bertz CT molecular complexity index is 432. The zero-order valence-corrected chi connectivity index (χ0v) is 11.0. The van der Waals surface area contributed by atoms with Gasteiger partial charge in [-0.1, -0.05) is 15.9 Å². The Hall–Kier alpha value is -1.07. The predicted octanol–water partition coefficient (Wildman–Crippen LogP) is 2.34. The summed E-state index contributed by atoms with van der Waals surface area (Å²) in [6, 6.07) is 4.99. The van der Waals surface area contributed by atoms with Crippen LogP contribution in [0.5, 0.6) is 5.75 Å². The van der Waals surface area contributed by atoms with Gasteiger partial charge in [-0.15, -0.1) is 0 Å². The quantitative estimate of drug-likeness (QED) is 0.876. The zero-order chi connectivity index (χ0) is 12.4. The zero-order valence-electron chi connectivity index (χ0n) is 9.44. The average Bonchev–Trinajstić information content (AvgIpc) is 3.10. The van der Waals surface area contributed by atoms with Crippen LogP contribution in [-0.4, -0.2) is 24.2 Å². The highest BCUT2D eigenvalue weighted by molar-refractivity contribution is 9.10. The van der Waals surface area contributed by atoms with Crippen molar-refractivity contribution in [3.05, 3.63) is 28.2 Å². The number of carboxylic acids is 1. The van der Waals surface area contributed by atoms with Crippen molar-refractivity contribution in [1.29, 1.82) is 0 Å². The van der Waals surface area contributed by atoms with Gasteiger partial charge >= 0.3 is 5.97 Å². The van der Waals surface area contributed by atoms with Crippen LogP contribution in [-0.2, 0) is 4.79 Å². The van der Waals surface area contributed by atoms with Crippen LogP contribution in [0.2, 0.25) is 0 Å². The van der Waals surface area contributed by atoms with E-state index in [0.29, 0.717) is 17.4 Å². The van der Waals surface area contributed by atoms with Crippen molar-refractivity contribution < 1.29 is 14.6 Å². The van der Waals surface area contributed by atoms with Crippen LogP contribution < -0.4 is 10.1 Å². The summed E-state index contributed by atoms with van der Waals surface area (Å²) in [6.45, 7) is 0. The minimum Gasteiger partial charge on any atom is -0.497 e. The Morgan fingerprint density at radius 3 is 2.82 bits per heavy atom. The first-order valence-corrected chi connectivity index (χ1v) is 6.23. The molecule has 1 aromatic carbocycles. The maximum absolute atomic E-state index is 11.3. The van der Waals surface area contributed by atoms with E-state index < -0.39 is 12.0 Å². The Morgan fingerprint density at radius 2 is 2.29 bits per heavy atom. The normalized spacial score (nSPS) is 16.6. The van der Waals surface area contributed by atoms with Gasteiger partial charge in [0, 0.05) is 10.5 Å². The Balaban J connectivity index is 2.29. The van der Waals surface area contributed by atoms with Crippen molar-refractivity contribution in [3.63, 3.8) is 0 Å². The molecule has 1 atom stereocenters. The SMILES string of the molecule is COc1ccc(Br)c(C(NC2CC2)C(=O)O)c1. The van der Waals surface area contributed by atoms with Crippen LogP contribution in [0.4, 0.5) is 0 Å². The number of carboxylic acid groups (broad SMARTS) is 1. The molecule has 5 heteroatoms. The smallest absolute Gasteiger partial charge is 0.325 e. The van der Waals surface area contributed by atoms with Crippen LogP contribution in [0.1, 0.15) is 24.4 Å². The predicted molar refractivity (Wildman–Crippen MR) is 67.2 cm³/mol. The summed E-state index contributed by atoms with van der Waals surface area (Å²) in [4.78, 5) is 11.3. The van der Waals surface area contributed by atoms with E-state index in [1.165, 1.54) is 0 Å². The van der Waals surface area contributed by atoms with Crippen molar-refractivity contribution in [2.45, 2.75) is 24.9 Å². The molecule has 1 fully saturated rings. The molecule has 1 unspecified atom stereocenters. The van der Waals surface area contributed by atoms with Gasteiger partial charge in [0.1, 0.15) is 11.8 Å². The number of halogens is 1. The van der Waals surface area contributed by atoms with Crippen LogP contribution >= 0.6 is 15.9 Å². The lowest BCUT2D eigenvalue weighted by molar-refractivity contribution is -0.139. The Kier molecular flexibility index (Phi) is 3.69. The van der Waals surface area contributed by atoms with Gasteiger partial charge in [0.15, 0.2) is 0 Å². The molecule has 2 N–H and O–H groups in total. The Morgan fingerprint density at radius 1 is 1.59 bits per heavy atom. The van der Waals surface area contributed by atoms with Crippen LogP contribution in [0.3, 0.4) is 0 Å². The fraction of sp³-hybridized carbons (Fsp3) is 0.417. The van der Waals surface area contributed by atoms with Gasteiger partial charge in [-0.25, -0.2) is 0 Å². The first-order chi connectivity index (χ1) is 8.11. The number of carbonyl (C=O) groups is 1. The second-order valence-corrected chi connectivity index (χ2v) is 4.95. The van der Waals surface area contributed by atoms with Gasteiger partial charge in [0.05, 0.1) is 7.11 Å². The van der Waals surface area contributed by atoms with E-state index in [-0.39, 0.29) is 0 Å². The molecule has 2 rings (SSSR count). The summed E-state index contributed by atoms with van der Waals surface area (Å²) in [5.74, 6) is -0.210. The molecule has 0 heterocycles. The molecule has 0 radical (unpaired) electrons. The van der Waals surface area contributed by atoms with E-state index in [9.17, 15) is 9.90 Å². The monoisotopic (exact) mass is 299 g/mol. The number of nitrogens with one attached hydrogen (secondary N) is 1. The summed E-state index contributed by atoms with van der Waals surface area (Å²) >= 11 is 3.38. The third kappa shape index (κ3) is 2.98. The van der Waals surface area contributed by atoms with Crippen molar-refractivity contribution in [1.82, 2.24) is 5.32 Å². The van der Waals surface area contributed by atoms with Gasteiger partial charge in [-0.3, -0.25) is 10.1 Å². The van der Waals surface area contributed by atoms with Gasteiger partial charge in [-0.05, 0) is 36.6 Å². The standard InChI is InChI=1S/C12H14BrNO3/c1-17-8-4-5-10(13)9(6-8)11(12(15)16)14-7-2-3-7/h4-7,11,14H,2-3H2,1H3,(H,15,16). The average molecular weight is 300 g/mol. The minimum absolute atomic E-state index is 0.328. The number of methoxy groups -OCH3 is 1. The van der Waals surface area contributed by atoms with E-state index in [1.807, 2.05) is 0 Å². The molecule has 92 valence electrons. The summed E-state index contributed by atoms with van der Waals surface area (Å²) in [5.41, 5.74) is 0.698. The number of aliphatic carboxylic acids is 1. The molecule has 1 saturated carbocycles. The van der Waals surface area contributed by atoms with E-state index in [4.69, 9.17) is 4.74 Å². The lowest BCUT2D eigenvalue weighted by Gasteiger charge is -2.16. The number of benzene rings is 1. The maximum atomic E-state index is 11.3. The largest absolute Gasteiger partial charge is 0.497 e. The van der Waals surface area contributed by atoms with Crippen molar-refractivity contribution >= 4 is 21.9 Å². The van der Waals surface area contributed by atoms with Crippen LogP contribution in [0, 0.1) is 0 Å². The highest BCUT2D eigenvalue weighted by Gasteiger charge is 2.30. The van der Waals surface area contributed by atoms with Gasteiger partial charge in [-0.2, -0.15) is 0 Å². The topological polar surface area (TPSA) is 58.6 Å². The van der Waals surface area contributed by atoms with Gasteiger partial charge in [0.2, 0.25) is 0 Å². The number of hydrogen-bond acceptors (Lipinski definition) is 3. The van der Waals surface area contributed by atoms with Gasteiger partial charge < -0.3 is 9.84 Å². The minimum atomic E-state index is -0.870. The van der Waals surface area contributed by atoms with E-state index in [2.05, 4.69) is 21.2 Å². The third-order valence-electron chi connectivity index (χ3n) is 2.74. The van der Waals surface area contributed by atoms with Crippen molar-refractivity contribution in [2.75, 3.05) is 7.11 Å². The van der Waals surface area contributed by atoms with Crippen LogP contribution in [0.25, 0.3) is 0 Å². The number of ether oxygens (including phenoxy) is 1. The van der Waals surface area contributed by atoms with Crippen molar-refractivity contribution in [2.24, 2.45) is 0 Å². The molecule has 0 amide bonds. The lowest BCUT2D eigenvalue weighted by Crippen LogP contribution is -2.30. The highest BCUT2D eigenvalue weighted by atomic mass is 79.9. The fourth-order valence-electron chi connectivity index (χ4n) is 1.65. The second kappa shape index (κ2) is 5.06. The summed E-state index contributed by atoms with van der Waals surface area (Å²) in [5, 5.41) is 12.4. The molecule has 0 aromatic heterocycles. The highest BCUT2D eigenvalue weighted by Crippen LogP contribution is 2.31. The molecule has 0 spiro atoms. The molecule has 1 aliphatic carbocycles. The molecule has 1 aliphatic rings. The van der Waals surface area contributed by atoms with Crippen molar-refractivity contribution in [3.8, 4) is 5.75 Å². The third-order valence-corrected chi connectivity index (χ3v) is 3.46. The summed E-state index contributed by atoms with van der Waals surface area (Å²) < 4.78 is 5.90. The molecule has 0 bridgehead atoms.